The van der Waals surface area contributed by atoms with Gasteiger partial charge in [-0.1, -0.05) is 0 Å². The third-order valence-corrected chi connectivity index (χ3v) is 7.19. The van der Waals surface area contributed by atoms with Crippen LogP contribution in [0, 0.1) is 6.92 Å². The molecule has 0 spiro atoms. The fourth-order valence-electron chi connectivity index (χ4n) is 3.77. The first-order valence-electron chi connectivity index (χ1n) is 10.0. The molecule has 8 nitrogen and oxygen atoms in total. The van der Waals surface area contributed by atoms with E-state index in [1.165, 1.54) is 22.7 Å². The van der Waals surface area contributed by atoms with E-state index in [9.17, 15) is 9.59 Å². The standard InChI is InChI=1S/C21H21N5O3S2/c1-13-11-30-17(22-13)9-18(27)26-6-4-25(5-7-26)10-16-23-20(28)19-14(12-31-21(19)24-16)15-3-2-8-29-15/h2-3,8,11-12H,4-7,9-10H2,1H3,(H,23,24,28). The SMILES string of the molecule is Cc1csc(CC(=O)N2CCN(Cc3nc4scc(-c5ccco5)c4c(=O)[nH]3)CC2)n1. The van der Waals surface area contributed by atoms with E-state index in [-0.39, 0.29) is 11.5 Å². The summed E-state index contributed by atoms with van der Waals surface area (Å²) in [6.45, 7) is 5.30. The number of thiophene rings is 1. The first-order chi connectivity index (χ1) is 15.1. The number of nitrogens with zero attached hydrogens (tertiary/aromatic N) is 4. The zero-order valence-electron chi connectivity index (χ0n) is 17.0. The van der Waals surface area contributed by atoms with Gasteiger partial charge in [-0.05, 0) is 19.1 Å². The Kier molecular flexibility index (Phi) is 5.43. The van der Waals surface area contributed by atoms with Crippen molar-refractivity contribution in [2.45, 2.75) is 19.9 Å². The van der Waals surface area contributed by atoms with Crippen molar-refractivity contribution in [3.8, 4) is 11.3 Å². The molecule has 10 heteroatoms. The molecular weight excluding hydrogens is 434 g/mol. The van der Waals surface area contributed by atoms with E-state index in [4.69, 9.17) is 4.42 Å². The molecule has 5 rings (SSSR count). The lowest BCUT2D eigenvalue weighted by Crippen LogP contribution is -2.49. The molecule has 4 aromatic heterocycles. The summed E-state index contributed by atoms with van der Waals surface area (Å²) >= 11 is 2.97. The van der Waals surface area contributed by atoms with Crippen LogP contribution < -0.4 is 5.56 Å². The quantitative estimate of drug-likeness (QED) is 0.497. The number of aromatic amines is 1. The van der Waals surface area contributed by atoms with Crippen LogP contribution in [-0.2, 0) is 17.8 Å². The van der Waals surface area contributed by atoms with Gasteiger partial charge in [-0.2, -0.15) is 0 Å². The summed E-state index contributed by atoms with van der Waals surface area (Å²) in [7, 11) is 0. The van der Waals surface area contributed by atoms with Gasteiger partial charge in [0.2, 0.25) is 5.91 Å². The molecule has 1 N–H and O–H groups in total. The van der Waals surface area contributed by atoms with Gasteiger partial charge in [0.05, 0.1) is 24.6 Å². The Balaban J connectivity index is 1.23. The van der Waals surface area contributed by atoms with Crippen LogP contribution in [0.1, 0.15) is 16.5 Å². The summed E-state index contributed by atoms with van der Waals surface area (Å²) in [5, 5.41) is 5.31. The molecule has 0 atom stereocenters. The molecule has 0 saturated carbocycles. The predicted molar refractivity (Wildman–Crippen MR) is 120 cm³/mol. The minimum absolute atomic E-state index is 0.117. The maximum absolute atomic E-state index is 12.7. The summed E-state index contributed by atoms with van der Waals surface area (Å²) in [5.41, 5.74) is 1.58. The van der Waals surface area contributed by atoms with Gasteiger partial charge in [-0.3, -0.25) is 14.5 Å². The van der Waals surface area contributed by atoms with E-state index in [2.05, 4.69) is 19.9 Å². The van der Waals surface area contributed by atoms with Crippen LogP contribution in [0.25, 0.3) is 21.5 Å². The largest absolute Gasteiger partial charge is 0.464 e. The maximum Gasteiger partial charge on any atom is 0.260 e. The number of rotatable bonds is 5. The number of H-pyrrole nitrogens is 1. The molecule has 0 unspecified atom stereocenters. The van der Waals surface area contributed by atoms with Crippen molar-refractivity contribution >= 4 is 38.8 Å². The molecule has 0 aliphatic carbocycles. The van der Waals surface area contributed by atoms with E-state index in [1.54, 1.807) is 12.3 Å². The number of furan rings is 1. The summed E-state index contributed by atoms with van der Waals surface area (Å²) in [4.78, 5) is 42.0. The molecular formula is C21H21N5O3S2. The van der Waals surface area contributed by atoms with Crippen LogP contribution in [-0.4, -0.2) is 56.8 Å². The van der Waals surface area contributed by atoms with E-state index in [0.717, 1.165) is 29.4 Å². The number of amides is 1. The first kappa shape index (κ1) is 20.1. The molecule has 0 radical (unpaired) electrons. The highest BCUT2D eigenvalue weighted by Crippen LogP contribution is 2.30. The monoisotopic (exact) mass is 455 g/mol. The van der Waals surface area contributed by atoms with Crippen LogP contribution in [0.4, 0.5) is 0 Å². The van der Waals surface area contributed by atoms with Gasteiger partial charge in [-0.25, -0.2) is 9.97 Å². The van der Waals surface area contributed by atoms with Crippen LogP contribution in [0.2, 0.25) is 0 Å². The molecule has 5 heterocycles. The number of hydrogen-bond acceptors (Lipinski definition) is 8. The molecule has 0 aromatic carbocycles. The summed E-state index contributed by atoms with van der Waals surface area (Å²) in [6.07, 6.45) is 1.96. The average Bonchev–Trinajstić information content (AvgIpc) is 3.49. The second-order valence-corrected chi connectivity index (χ2v) is 9.34. The van der Waals surface area contributed by atoms with Crippen molar-refractivity contribution in [3.05, 3.63) is 56.0 Å². The average molecular weight is 456 g/mol. The van der Waals surface area contributed by atoms with Gasteiger partial charge in [-0.15, -0.1) is 22.7 Å². The number of thiazole rings is 1. The van der Waals surface area contributed by atoms with Crippen molar-refractivity contribution < 1.29 is 9.21 Å². The van der Waals surface area contributed by atoms with Crippen molar-refractivity contribution in [2.24, 2.45) is 0 Å². The van der Waals surface area contributed by atoms with E-state index < -0.39 is 0 Å². The summed E-state index contributed by atoms with van der Waals surface area (Å²) < 4.78 is 5.44. The zero-order valence-corrected chi connectivity index (χ0v) is 18.6. The van der Waals surface area contributed by atoms with Crippen LogP contribution >= 0.6 is 22.7 Å². The number of hydrogen-bond donors (Lipinski definition) is 1. The van der Waals surface area contributed by atoms with E-state index in [0.29, 0.717) is 47.9 Å². The van der Waals surface area contributed by atoms with Crippen LogP contribution in [0.3, 0.4) is 0 Å². The number of aromatic nitrogens is 3. The minimum Gasteiger partial charge on any atom is -0.464 e. The highest BCUT2D eigenvalue weighted by atomic mass is 32.1. The number of fused-ring (bicyclic) bond motifs is 1. The molecule has 1 amide bonds. The molecule has 1 saturated heterocycles. The third-order valence-electron chi connectivity index (χ3n) is 5.35. The molecule has 1 aliphatic heterocycles. The Morgan fingerprint density at radius 3 is 2.74 bits per heavy atom. The van der Waals surface area contributed by atoms with Crippen molar-refractivity contribution in [1.82, 2.24) is 24.8 Å². The molecule has 31 heavy (non-hydrogen) atoms. The van der Waals surface area contributed by atoms with Gasteiger partial charge in [0.1, 0.15) is 21.4 Å². The van der Waals surface area contributed by atoms with Crippen molar-refractivity contribution in [1.29, 1.82) is 0 Å². The van der Waals surface area contributed by atoms with E-state index >= 15 is 0 Å². The Labute approximate surface area is 186 Å². The first-order valence-corrected chi connectivity index (χ1v) is 11.8. The molecule has 160 valence electrons. The highest BCUT2D eigenvalue weighted by Gasteiger charge is 2.23. The number of carbonyl (C=O) groups is 1. The minimum atomic E-state index is -0.153. The maximum atomic E-state index is 12.7. The summed E-state index contributed by atoms with van der Waals surface area (Å²) in [6, 6.07) is 3.64. The van der Waals surface area contributed by atoms with Gasteiger partial charge in [0.25, 0.3) is 5.56 Å². The number of nitrogens with one attached hydrogen (secondary N) is 1. The second kappa shape index (κ2) is 8.37. The van der Waals surface area contributed by atoms with Crippen molar-refractivity contribution in [3.63, 3.8) is 0 Å². The van der Waals surface area contributed by atoms with Crippen LogP contribution in [0.5, 0.6) is 0 Å². The highest BCUT2D eigenvalue weighted by molar-refractivity contribution is 7.17. The topological polar surface area (TPSA) is 95.3 Å². The lowest BCUT2D eigenvalue weighted by atomic mass is 10.2. The smallest absolute Gasteiger partial charge is 0.260 e. The lowest BCUT2D eigenvalue weighted by Gasteiger charge is -2.34. The predicted octanol–water partition coefficient (Wildman–Crippen LogP) is 2.90. The molecule has 1 fully saturated rings. The van der Waals surface area contributed by atoms with E-state index in [1.807, 2.05) is 28.7 Å². The normalized spacial score (nSPS) is 15.1. The Morgan fingerprint density at radius 1 is 1.19 bits per heavy atom. The fraction of sp³-hybridized carbons (Fsp3) is 0.333. The van der Waals surface area contributed by atoms with Crippen LogP contribution in [0.15, 0.2) is 38.4 Å². The zero-order chi connectivity index (χ0) is 21.4. The number of aryl methyl sites for hydroxylation is 1. The van der Waals surface area contributed by atoms with Gasteiger partial charge >= 0.3 is 0 Å². The third kappa shape index (κ3) is 4.18. The second-order valence-electron chi connectivity index (χ2n) is 7.54. The van der Waals surface area contributed by atoms with Crippen molar-refractivity contribution in [2.75, 3.05) is 26.2 Å². The van der Waals surface area contributed by atoms with Gasteiger partial charge in [0.15, 0.2) is 0 Å². The van der Waals surface area contributed by atoms with Gasteiger partial charge in [0, 0.05) is 48.2 Å². The molecule has 4 aromatic rings. The number of piperazine rings is 1. The molecule has 0 bridgehead atoms. The number of carbonyl (C=O) groups excluding carboxylic acids is 1. The Hall–Kier alpha value is -2.82. The summed E-state index contributed by atoms with van der Waals surface area (Å²) in [5.74, 6) is 1.43. The molecule has 1 aliphatic rings. The lowest BCUT2D eigenvalue weighted by molar-refractivity contribution is -0.132. The Bertz CT molecular complexity index is 1270. The van der Waals surface area contributed by atoms with Gasteiger partial charge < -0.3 is 14.3 Å². The fourth-order valence-corrected chi connectivity index (χ4v) is 5.48. The Morgan fingerprint density at radius 2 is 2.03 bits per heavy atom.